The van der Waals surface area contributed by atoms with Crippen LogP contribution >= 0.6 is 0 Å². The minimum Gasteiger partial charge on any atom is -0.496 e. The van der Waals surface area contributed by atoms with Crippen molar-refractivity contribution >= 4 is 17.4 Å². The van der Waals surface area contributed by atoms with Gasteiger partial charge in [0.25, 0.3) is 5.91 Å². The topological polar surface area (TPSA) is 76.1 Å². The number of aromatic nitrogens is 2. The number of carbonyl (C=O) groups excluding carboxylic acids is 1. The van der Waals surface area contributed by atoms with Crippen LogP contribution < -0.4 is 15.4 Å². The van der Waals surface area contributed by atoms with Crippen molar-refractivity contribution in [3.63, 3.8) is 0 Å². The average molecular weight is 376 g/mol. The second-order valence-corrected chi connectivity index (χ2v) is 6.56. The van der Waals surface area contributed by atoms with E-state index in [1.165, 1.54) is 0 Å². The molecule has 28 heavy (non-hydrogen) atoms. The normalized spacial score (nSPS) is 10.4. The van der Waals surface area contributed by atoms with Crippen molar-refractivity contribution in [3.05, 3.63) is 77.0 Å². The fourth-order valence-electron chi connectivity index (χ4n) is 2.84. The molecule has 0 aliphatic rings. The number of nitrogens with zero attached hydrogens (tertiary/aromatic N) is 2. The summed E-state index contributed by atoms with van der Waals surface area (Å²) in [5, 5.41) is 14.3. The van der Waals surface area contributed by atoms with E-state index in [0.717, 1.165) is 28.1 Å². The molecule has 0 saturated heterocycles. The molecular weight excluding hydrogens is 352 g/mol. The van der Waals surface area contributed by atoms with E-state index < -0.39 is 0 Å². The van der Waals surface area contributed by atoms with Crippen molar-refractivity contribution in [2.45, 2.75) is 20.3 Å². The molecule has 6 nitrogen and oxygen atoms in total. The lowest BCUT2D eigenvalue weighted by Gasteiger charge is -2.10. The van der Waals surface area contributed by atoms with Crippen LogP contribution in [0.2, 0.25) is 0 Å². The molecule has 0 fully saturated rings. The highest BCUT2D eigenvalue weighted by Crippen LogP contribution is 2.20. The van der Waals surface area contributed by atoms with Gasteiger partial charge in [0.2, 0.25) is 0 Å². The van der Waals surface area contributed by atoms with Crippen molar-refractivity contribution in [3.8, 4) is 5.75 Å². The molecule has 0 radical (unpaired) electrons. The third-order valence-electron chi connectivity index (χ3n) is 4.43. The first-order valence-electron chi connectivity index (χ1n) is 9.15. The largest absolute Gasteiger partial charge is 0.496 e. The number of para-hydroxylation sites is 1. The van der Waals surface area contributed by atoms with Crippen LogP contribution in [0.1, 0.15) is 27.2 Å². The summed E-state index contributed by atoms with van der Waals surface area (Å²) in [6.45, 7) is 4.55. The van der Waals surface area contributed by atoms with E-state index >= 15 is 0 Å². The van der Waals surface area contributed by atoms with Crippen molar-refractivity contribution in [2.75, 3.05) is 19.0 Å². The van der Waals surface area contributed by atoms with Gasteiger partial charge in [0.1, 0.15) is 5.75 Å². The smallest absolute Gasteiger partial charge is 0.271 e. The molecule has 1 amide bonds. The molecule has 1 aromatic heterocycles. The second-order valence-electron chi connectivity index (χ2n) is 6.56. The molecule has 0 atom stereocenters. The number of hydrogen-bond donors (Lipinski definition) is 2. The number of rotatable bonds is 7. The highest BCUT2D eigenvalue weighted by Gasteiger charge is 2.09. The average Bonchev–Trinajstić information content (AvgIpc) is 2.71. The van der Waals surface area contributed by atoms with Crippen molar-refractivity contribution in [1.29, 1.82) is 0 Å². The Morgan fingerprint density at radius 2 is 1.86 bits per heavy atom. The third-order valence-corrected chi connectivity index (χ3v) is 4.43. The molecule has 0 unspecified atom stereocenters. The van der Waals surface area contributed by atoms with Crippen LogP contribution in [0.4, 0.5) is 11.5 Å². The Hall–Kier alpha value is -3.41. The van der Waals surface area contributed by atoms with Gasteiger partial charge in [0.15, 0.2) is 11.5 Å². The van der Waals surface area contributed by atoms with E-state index in [9.17, 15) is 4.79 Å². The molecule has 0 saturated carbocycles. The lowest BCUT2D eigenvalue weighted by molar-refractivity contribution is 0.0948. The maximum atomic E-state index is 12.3. The number of amides is 1. The Kier molecular flexibility index (Phi) is 6.22. The third kappa shape index (κ3) is 4.85. The predicted octanol–water partition coefficient (Wildman–Crippen LogP) is 3.82. The van der Waals surface area contributed by atoms with Gasteiger partial charge in [-0.05, 0) is 61.2 Å². The minimum absolute atomic E-state index is 0.249. The summed E-state index contributed by atoms with van der Waals surface area (Å²) >= 11 is 0. The summed E-state index contributed by atoms with van der Waals surface area (Å²) in [6.07, 6.45) is 0.676. The Balaban J connectivity index is 1.57. The van der Waals surface area contributed by atoms with E-state index in [0.29, 0.717) is 18.8 Å². The van der Waals surface area contributed by atoms with Gasteiger partial charge in [-0.25, -0.2) is 0 Å². The van der Waals surface area contributed by atoms with Crippen LogP contribution in [0, 0.1) is 13.8 Å². The summed E-state index contributed by atoms with van der Waals surface area (Å²) in [4.78, 5) is 12.3. The lowest BCUT2D eigenvalue weighted by atomic mass is 10.1. The van der Waals surface area contributed by atoms with Gasteiger partial charge in [-0.3, -0.25) is 4.79 Å². The number of aryl methyl sites for hydroxylation is 2. The number of ether oxygens (including phenoxy) is 1. The number of methoxy groups -OCH3 is 1. The first-order valence-corrected chi connectivity index (χ1v) is 9.15. The number of carbonyl (C=O) groups is 1. The van der Waals surface area contributed by atoms with E-state index in [1.54, 1.807) is 19.2 Å². The summed E-state index contributed by atoms with van der Waals surface area (Å²) < 4.78 is 5.32. The van der Waals surface area contributed by atoms with Crippen LogP contribution in [0.3, 0.4) is 0 Å². The van der Waals surface area contributed by atoms with Gasteiger partial charge in [0.05, 0.1) is 7.11 Å². The molecular formula is C22H24N4O2. The molecule has 2 aromatic carbocycles. The molecule has 0 aliphatic heterocycles. The minimum atomic E-state index is -0.249. The van der Waals surface area contributed by atoms with Gasteiger partial charge < -0.3 is 15.4 Å². The maximum absolute atomic E-state index is 12.3. The highest BCUT2D eigenvalue weighted by atomic mass is 16.5. The highest BCUT2D eigenvalue weighted by molar-refractivity contribution is 5.92. The number of anilines is 2. The van der Waals surface area contributed by atoms with E-state index in [2.05, 4.69) is 39.0 Å². The van der Waals surface area contributed by atoms with Crippen molar-refractivity contribution in [2.24, 2.45) is 0 Å². The quantitative estimate of drug-likeness (QED) is 0.656. The van der Waals surface area contributed by atoms with Crippen LogP contribution in [0.15, 0.2) is 54.6 Å². The van der Waals surface area contributed by atoms with Gasteiger partial charge in [-0.2, -0.15) is 0 Å². The van der Waals surface area contributed by atoms with Gasteiger partial charge >= 0.3 is 0 Å². The van der Waals surface area contributed by atoms with Gasteiger partial charge in [0, 0.05) is 12.2 Å². The molecule has 0 aliphatic carbocycles. The summed E-state index contributed by atoms with van der Waals surface area (Å²) in [6, 6.07) is 17.3. The maximum Gasteiger partial charge on any atom is 0.271 e. The first-order chi connectivity index (χ1) is 13.6. The molecule has 3 aromatic rings. The van der Waals surface area contributed by atoms with Crippen LogP contribution in [0.25, 0.3) is 0 Å². The molecule has 0 bridgehead atoms. The monoisotopic (exact) mass is 376 g/mol. The van der Waals surface area contributed by atoms with Crippen LogP contribution in [-0.4, -0.2) is 29.8 Å². The van der Waals surface area contributed by atoms with E-state index in [1.807, 2.05) is 38.1 Å². The Labute approximate surface area is 165 Å². The zero-order chi connectivity index (χ0) is 19.9. The molecule has 0 spiro atoms. The fourth-order valence-corrected chi connectivity index (χ4v) is 2.84. The number of nitrogens with one attached hydrogen (secondary N) is 2. The number of benzene rings is 2. The second kappa shape index (κ2) is 8.99. The Morgan fingerprint density at radius 1 is 1.04 bits per heavy atom. The van der Waals surface area contributed by atoms with Crippen LogP contribution in [-0.2, 0) is 6.42 Å². The molecule has 1 heterocycles. The Morgan fingerprint density at radius 3 is 2.61 bits per heavy atom. The lowest BCUT2D eigenvalue weighted by Crippen LogP contribution is -2.26. The van der Waals surface area contributed by atoms with E-state index in [-0.39, 0.29) is 11.6 Å². The summed E-state index contributed by atoms with van der Waals surface area (Å²) in [5.41, 5.74) is 4.58. The SMILES string of the molecule is COc1ccccc1CCNC(=O)c1ccc(Nc2cc(C)ccc2C)nn1. The molecule has 144 valence electrons. The van der Waals surface area contributed by atoms with Crippen molar-refractivity contribution in [1.82, 2.24) is 15.5 Å². The predicted molar refractivity (Wildman–Crippen MR) is 110 cm³/mol. The number of hydrogen-bond acceptors (Lipinski definition) is 5. The molecule has 2 N–H and O–H groups in total. The standard InChI is InChI=1S/C22H24N4O2/c1-15-8-9-16(2)19(14-15)24-21-11-10-18(25-26-21)22(27)23-13-12-17-6-4-5-7-20(17)28-3/h4-11,14H,12-13H2,1-3H3,(H,23,27)(H,24,26). The summed E-state index contributed by atoms with van der Waals surface area (Å²) in [5.74, 6) is 1.17. The first kappa shape index (κ1) is 19.4. The fraction of sp³-hybridized carbons (Fsp3) is 0.227. The van der Waals surface area contributed by atoms with Crippen LogP contribution in [0.5, 0.6) is 5.75 Å². The molecule has 6 heteroatoms. The van der Waals surface area contributed by atoms with Gasteiger partial charge in [-0.15, -0.1) is 10.2 Å². The van der Waals surface area contributed by atoms with Crippen molar-refractivity contribution < 1.29 is 9.53 Å². The van der Waals surface area contributed by atoms with Gasteiger partial charge in [-0.1, -0.05) is 30.3 Å². The Bertz CT molecular complexity index is 955. The zero-order valence-corrected chi connectivity index (χ0v) is 16.3. The molecule has 3 rings (SSSR count). The summed E-state index contributed by atoms with van der Waals surface area (Å²) in [7, 11) is 1.64. The zero-order valence-electron chi connectivity index (χ0n) is 16.3. The van der Waals surface area contributed by atoms with E-state index in [4.69, 9.17) is 4.74 Å².